The maximum absolute atomic E-state index is 12.5. The lowest BCUT2D eigenvalue weighted by molar-refractivity contribution is 0.0687. The van der Waals surface area contributed by atoms with E-state index in [1.54, 1.807) is 0 Å². The monoisotopic (exact) mass is 246 g/mol. The number of fused-ring (bicyclic) bond motifs is 1. The Labute approximate surface area is 109 Å². The molecular formula is C15H22N2O. The predicted molar refractivity (Wildman–Crippen MR) is 74.7 cm³/mol. The first kappa shape index (κ1) is 12.9. The molecule has 1 aliphatic heterocycles. The molecule has 3 heteroatoms. The number of rotatable bonds is 3. The highest BCUT2D eigenvalue weighted by molar-refractivity contribution is 6.02. The molecule has 0 unspecified atom stereocenters. The van der Waals surface area contributed by atoms with E-state index in [0.717, 1.165) is 31.5 Å². The molecule has 1 aromatic carbocycles. The van der Waals surface area contributed by atoms with Gasteiger partial charge in [0.1, 0.15) is 0 Å². The molecule has 1 aromatic rings. The van der Waals surface area contributed by atoms with E-state index in [0.29, 0.717) is 11.3 Å². The first-order valence-corrected chi connectivity index (χ1v) is 6.65. The molecule has 0 atom stereocenters. The third-order valence-electron chi connectivity index (χ3n) is 3.69. The summed E-state index contributed by atoms with van der Waals surface area (Å²) in [7, 11) is 0. The van der Waals surface area contributed by atoms with Crippen molar-refractivity contribution in [3.8, 4) is 0 Å². The summed E-state index contributed by atoms with van der Waals surface area (Å²) in [5, 5.41) is 0. The van der Waals surface area contributed by atoms with Gasteiger partial charge in [-0.2, -0.15) is 0 Å². The van der Waals surface area contributed by atoms with Gasteiger partial charge in [-0.1, -0.05) is 39.3 Å². The van der Waals surface area contributed by atoms with Crippen molar-refractivity contribution in [3.05, 3.63) is 29.3 Å². The fourth-order valence-corrected chi connectivity index (χ4v) is 2.69. The lowest BCUT2D eigenvalue weighted by Gasteiger charge is -2.40. The molecular weight excluding hydrogens is 224 g/mol. The normalized spacial score (nSPS) is 17.7. The second kappa shape index (κ2) is 4.63. The summed E-state index contributed by atoms with van der Waals surface area (Å²) in [5.74, 6) is 0.0934. The van der Waals surface area contributed by atoms with Gasteiger partial charge in [0.15, 0.2) is 0 Å². The van der Waals surface area contributed by atoms with Gasteiger partial charge in [0, 0.05) is 24.2 Å². The van der Waals surface area contributed by atoms with Crippen LogP contribution in [0, 0.1) is 0 Å². The third kappa shape index (κ3) is 2.09. The number of unbranched alkanes of at least 4 members (excludes halogenated alkanes) is 1. The molecule has 0 aromatic heterocycles. The third-order valence-corrected chi connectivity index (χ3v) is 3.69. The van der Waals surface area contributed by atoms with E-state index in [2.05, 4.69) is 20.8 Å². The zero-order chi connectivity index (χ0) is 13.3. The van der Waals surface area contributed by atoms with Crippen LogP contribution in [0.15, 0.2) is 18.2 Å². The summed E-state index contributed by atoms with van der Waals surface area (Å²) in [5.41, 5.74) is 8.37. The molecule has 18 heavy (non-hydrogen) atoms. The number of carbonyl (C=O) groups is 1. The molecule has 1 heterocycles. The zero-order valence-corrected chi connectivity index (χ0v) is 11.5. The SMILES string of the molecule is CCCCN1CC(C)(C)c2cccc(N)c2C1=O. The largest absolute Gasteiger partial charge is 0.398 e. The average molecular weight is 246 g/mol. The van der Waals surface area contributed by atoms with Gasteiger partial charge in [-0.05, 0) is 18.1 Å². The Morgan fingerprint density at radius 3 is 2.78 bits per heavy atom. The van der Waals surface area contributed by atoms with E-state index in [1.807, 2.05) is 23.1 Å². The molecule has 0 bridgehead atoms. The number of amides is 1. The Morgan fingerprint density at radius 2 is 2.11 bits per heavy atom. The Balaban J connectivity index is 2.43. The van der Waals surface area contributed by atoms with Crippen molar-refractivity contribution in [1.29, 1.82) is 0 Å². The van der Waals surface area contributed by atoms with Crippen molar-refractivity contribution in [1.82, 2.24) is 4.90 Å². The molecule has 0 fully saturated rings. The van der Waals surface area contributed by atoms with Crippen molar-refractivity contribution in [2.75, 3.05) is 18.8 Å². The molecule has 3 nitrogen and oxygen atoms in total. The zero-order valence-electron chi connectivity index (χ0n) is 11.5. The minimum absolute atomic E-state index is 0.0215. The summed E-state index contributed by atoms with van der Waals surface area (Å²) in [6.07, 6.45) is 2.14. The minimum Gasteiger partial charge on any atom is -0.398 e. The standard InChI is InChI=1S/C15H22N2O/c1-4-5-9-17-10-15(2,3)11-7-6-8-12(16)13(11)14(17)18/h6-8H,4-5,9-10,16H2,1-3H3. The fourth-order valence-electron chi connectivity index (χ4n) is 2.69. The summed E-state index contributed by atoms with van der Waals surface area (Å²) in [6, 6.07) is 5.78. The van der Waals surface area contributed by atoms with Crippen molar-refractivity contribution in [2.45, 2.75) is 39.0 Å². The van der Waals surface area contributed by atoms with Gasteiger partial charge in [-0.15, -0.1) is 0 Å². The molecule has 2 rings (SSSR count). The first-order valence-electron chi connectivity index (χ1n) is 6.65. The minimum atomic E-state index is -0.0215. The second-order valence-corrected chi connectivity index (χ2v) is 5.73. The highest BCUT2D eigenvalue weighted by Crippen LogP contribution is 2.35. The first-order chi connectivity index (χ1) is 8.47. The summed E-state index contributed by atoms with van der Waals surface area (Å²) >= 11 is 0. The topological polar surface area (TPSA) is 46.3 Å². The van der Waals surface area contributed by atoms with Gasteiger partial charge >= 0.3 is 0 Å². The number of carbonyl (C=O) groups excluding carboxylic acids is 1. The van der Waals surface area contributed by atoms with Gasteiger partial charge < -0.3 is 10.6 Å². The van der Waals surface area contributed by atoms with Crippen LogP contribution in [0.2, 0.25) is 0 Å². The summed E-state index contributed by atoms with van der Waals surface area (Å²) in [6.45, 7) is 8.10. The molecule has 1 aliphatic rings. The Hall–Kier alpha value is -1.51. The molecule has 98 valence electrons. The molecule has 2 N–H and O–H groups in total. The van der Waals surface area contributed by atoms with E-state index in [4.69, 9.17) is 5.73 Å². The van der Waals surface area contributed by atoms with Gasteiger partial charge in [-0.3, -0.25) is 4.79 Å². The number of hydrogen-bond acceptors (Lipinski definition) is 2. The van der Waals surface area contributed by atoms with Crippen LogP contribution in [0.25, 0.3) is 0 Å². The highest BCUT2D eigenvalue weighted by Gasteiger charge is 2.37. The highest BCUT2D eigenvalue weighted by atomic mass is 16.2. The van der Waals surface area contributed by atoms with Crippen LogP contribution in [0.3, 0.4) is 0 Å². The maximum Gasteiger partial charge on any atom is 0.256 e. The number of nitrogens with two attached hydrogens (primary N) is 1. The van der Waals surface area contributed by atoms with Crippen LogP contribution in [-0.4, -0.2) is 23.9 Å². The van der Waals surface area contributed by atoms with E-state index in [-0.39, 0.29) is 11.3 Å². The molecule has 1 amide bonds. The van der Waals surface area contributed by atoms with E-state index < -0.39 is 0 Å². The van der Waals surface area contributed by atoms with Crippen LogP contribution in [0.1, 0.15) is 49.5 Å². The van der Waals surface area contributed by atoms with Crippen molar-refractivity contribution < 1.29 is 4.79 Å². The summed E-state index contributed by atoms with van der Waals surface area (Å²) in [4.78, 5) is 14.4. The number of anilines is 1. The molecule has 0 aliphatic carbocycles. The van der Waals surface area contributed by atoms with Gasteiger partial charge in [0.2, 0.25) is 0 Å². The molecule has 0 saturated heterocycles. The van der Waals surface area contributed by atoms with Crippen molar-refractivity contribution >= 4 is 11.6 Å². The fraction of sp³-hybridized carbons (Fsp3) is 0.533. The quantitative estimate of drug-likeness (QED) is 0.834. The van der Waals surface area contributed by atoms with E-state index in [1.165, 1.54) is 0 Å². The summed E-state index contributed by atoms with van der Waals surface area (Å²) < 4.78 is 0. The Bertz CT molecular complexity index is 466. The molecule has 0 radical (unpaired) electrons. The maximum atomic E-state index is 12.5. The Kier molecular flexibility index (Phi) is 3.33. The number of nitrogens with zero attached hydrogens (tertiary/aromatic N) is 1. The van der Waals surface area contributed by atoms with Crippen LogP contribution >= 0.6 is 0 Å². The molecule has 0 spiro atoms. The van der Waals surface area contributed by atoms with Crippen molar-refractivity contribution in [3.63, 3.8) is 0 Å². The number of benzene rings is 1. The van der Waals surface area contributed by atoms with Gasteiger partial charge in [0.25, 0.3) is 5.91 Å². The van der Waals surface area contributed by atoms with Gasteiger partial charge in [0.05, 0.1) is 5.56 Å². The number of nitrogen functional groups attached to an aromatic ring is 1. The van der Waals surface area contributed by atoms with Crippen LogP contribution in [0.4, 0.5) is 5.69 Å². The Morgan fingerprint density at radius 1 is 1.39 bits per heavy atom. The van der Waals surface area contributed by atoms with E-state index >= 15 is 0 Å². The smallest absolute Gasteiger partial charge is 0.256 e. The lowest BCUT2D eigenvalue weighted by Crippen LogP contribution is -2.47. The van der Waals surface area contributed by atoms with Crippen LogP contribution in [0.5, 0.6) is 0 Å². The number of hydrogen-bond donors (Lipinski definition) is 1. The second-order valence-electron chi connectivity index (χ2n) is 5.73. The van der Waals surface area contributed by atoms with Crippen LogP contribution < -0.4 is 5.73 Å². The lowest BCUT2D eigenvalue weighted by atomic mass is 9.77. The average Bonchev–Trinajstić information content (AvgIpc) is 2.32. The molecule has 0 saturated carbocycles. The van der Waals surface area contributed by atoms with Gasteiger partial charge in [-0.25, -0.2) is 0 Å². The van der Waals surface area contributed by atoms with Crippen molar-refractivity contribution in [2.24, 2.45) is 0 Å². The van der Waals surface area contributed by atoms with E-state index in [9.17, 15) is 4.79 Å². The van der Waals surface area contributed by atoms with Crippen LogP contribution in [-0.2, 0) is 5.41 Å². The predicted octanol–water partition coefficient (Wildman–Crippen LogP) is 2.80.